The number of carbonyl (C=O) groups excluding carboxylic acids is 2. The Bertz CT molecular complexity index is 1500. The molecule has 0 saturated carbocycles. The van der Waals surface area contributed by atoms with E-state index in [4.69, 9.17) is 4.74 Å². The zero-order chi connectivity index (χ0) is 27.1. The number of anilines is 2. The third kappa shape index (κ3) is 4.55. The third-order valence-corrected chi connectivity index (χ3v) is 6.76. The predicted molar refractivity (Wildman–Crippen MR) is 133 cm³/mol. The Morgan fingerprint density at radius 3 is 2.53 bits per heavy atom. The molecule has 2 amide bonds. The third-order valence-electron chi connectivity index (χ3n) is 6.76. The number of halogens is 2. The number of aromatic carboxylic acids is 1. The van der Waals surface area contributed by atoms with Gasteiger partial charge in [0, 0.05) is 13.1 Å². The minimum absolute atomic E-state index is 0.0343. The van der Waals surface area contributed by atoms with Crippen LogP contribution in [0.15, 0.2) is 41.2 Å². The molecule has 5 rings (SSSR count). The van der Waals surface area contributed by atoms with Crippen LogP contribution < -0.4 is 20.7 Å². The average molecular weight is 530 g/mol. The van der Waals surface area contributed by atoms with E-state index in [1.807, 2.05) is 0 Å². The van der Waals surface area contributed by atoms with E-state index < -0.39 is 36.1 Å². The van der Waals surface area contributed by atoms with E-state index >= 15 is 4.39 Å². The Hall–Kier alpha value is -4.42. The van der Waals surface area contributed by atoms with Crippen LogP contribution in [0.25, 0.3) is 10.9 Å². The summed E-state index contributed by atoms with van der Waals surface area (Å²) in [6, 6.07) is 8.79. The van der Waals surface area contributed by atoms with Gasteiger partial charge >= 0.3 is 12.1 Å². The number of aromatic nitrogens is 2. The molecule has 1 fully saturated rings. The van der Waals surface area contributed by atoms with Crippen LogP contribution in [-0.2, 0) is 22.6 Å². The van der Waals surface area contributed by atoms with E-state index in [0.717, 1.165) is 6.92 Å². The standard InChI is InChI=1S/C25H25F2N5O6/c1-14(26)22(33)28-12-17-13-30(25(37)38-17)16-3-5-21(19(27)11-16)29-6-8-31-20-4-2-15(24(35)36)10-18(20)23(34)32(31)9-7-29/h2-5,10-11,14,17H,6-9,12-13H2,1H3,(H,28,33)(H,35,36)/t14?,17-/m0/s1. The second-order valence-corrected chi connectivity index (χ2v) is 9.19. The fourth-order valence-corrected chi connectivity index (χ4v) is 4.81. The van der Waals surface area contributed by atoms with Crippen molar-refractivity contribution < 1.29 is 33.0 Å². The quantitative estimate of drug-likeness (QED) is 0.500. The number of carboxylic acids is 1. The highest BCUT2D eigenvalue weighted by Gasteiger charge is 2.33. The maximum absolute atomic E-state index is 15.2. The van der Waals surface area contributed by atoms with Crippen molar-refractivity contribution in [2.45, 2.75) is 32.3 Å². The van der Waals surface area contributed by atoms with Crippen molar-refractivity contribution in [2.75, 3.05) is 36.0 Å². The van der Waals surface area contributed by atoms with Crippen LogP contribution in [0.3, 0.4) is 0 Å². The monoisotopic (exact) mass is 529 g/mol. The molecule has 13 heteroatoms. The fourth-order valence-electron chi connectivity index (χ4n) is 4.81. The van der Waals surface area contributed by atoms with Gasteiger partial charge in [-0.05, 0) is 43.3 Å². The molecule has 11 nitrogen and oxygen atoms in total. The molecule has 2 atom stereocenters. The summed E-state index contributed by atoms with van der Waals surface area (Å²) >= 11 is 0. The van der Waals surface area contributed by atoms with Gasteiger partial charge in [-0.25, -0.2) is 23.1 Å². The Morgan fingerprint density at radius 1 is 1.11 bits per heavy atom. The van der Waals surface area contributed by atoms with Gasteiger partial charge in [-0.3, -0.25) is 19.2 Å². The number of carbonyl (C=O) groups is 3. The van der Waals surface area contributed by atoms with Gasteiger partial charge in [0.1, 0.15) is 11.9 Å². The van der Waals surface area contributed by atoms with Crippen LogP contribution in [0.4, 0.5) is 25.0 Å². The molecule has 38 heavy (non-hydrogen) atoms. The molecule has 2 aliphatic heterocycles. The number of ether oxygens (including phenoxy) is 1. The summed E-state index contributed by atoms with van der Waals surface area (Å²) in [5.41, 5.74) is 0.920. The Morgan fingerprint density at radius 2 is 1.84 bits per heavy atom. The van der Waals surface area contributed by atoms with Gasteiger partial charge < -0.3 is 20.1 Å². The zero-order valence-corrected chi connectivity index (χ0v) is 20.4. The number of nitrogens with zero attached hydrogens (tertiary/aromatic N) is 4. The molecule has 0 aliphatic carbocycles. The van der Waals surface area contributed by atoms with Gasteiger partial charge in [-0.2, -0.15) is 0 Å². The van der Waals surface area contributed by atoms with Crippen LogP contribution in [0.5, 0.6) is 0 Å². The molecule has 2 aromatic carbocycles. The first kappa shape index (κ1) is 25.2. The number of benzene rings is 2. The summed E-state index contributed by atoms with van der Waals surface area (Å²) in [7, 11) is 0. The number of fused-ring (bicyclic) bond motifs is 3. The lowest BCUT2D eigenvalue weighted by molar-refractivity contribution is -0.125. The number of amides is 2. The molecule has 3 heterocycles. The first-order chi connectivity index (χ1) is 18.1. The molecule has 1 unspecified atom stereocenters. The summed E-state index contributed by atoms with van der Waals surface area (Å²) in [5.74, 6) is -2.48. The van der Waals surface area contributed by atoms with Crippen LogP contribution in [0.2, 0.25) is 0 Å². The Balaban J connectivity index is 1.30. The van der Waals surface area contributed by atoms with Gasteiger partial charge in [0.25, 0.3) is 11.5 Å². The summed E-state index contributed by atoms with van der Waals surface area (Å²) in [6.07, 6.45) is -3.08. The SMILES string of the molecule is CC(F)C(=O)NC[C@H]1CN(c2ccc(N3CCn4c(=O)c5cc(C(=O)O)ccc5n4CC3)c(F)c2)C(=O)O1. The van der Waals surface area contributed by atoms with Crippen molar-refractivity contribution in [1.82, 2.24) is 14.7 Å². The normalized spacial score (nSPS) is 18.2. The predicted octanol–water partition coefficient (Wildman–Crippen LogP) is 1.96. The van der Waals surface area contributed by atoms with E-state index in [-0.39, 0.29) is 36.4 Å². The van der Waals surface area contributed by atoms with Crippen molar-refractivity contribution in [3.63, 3.8) is 0 Å². The zero-order valence-electron chi connectivity index (χ0n) is 20.4. The minimum atomic E-state index is -1.69. The van der Waals surface area contributed by atoms with E-state index in [0.29, 0.717) is 36.2 Å². The van der Waals surface area contributed by atoms with Gasteiger partial charge in [-0.15, -0.1) is 0 Å². The average Bonchev–Trinajstić information content (AvgIpc) is 3.28. The highest BCUT2D eigenvalue weighted by molar-refractivity contribution is 5.93. The molecule has 0 spiro atoms. The molecule has 1 aromatic heterocycles. The largest absolute Gasteiger partial charge is 0.478 e. The molecule has 2 aliphatic rings. The van der Waals surface area contributed by atoms with Gasteiger partial charge in [0.2, 0.25) is 0 Å². The van der Waals surface area contributed by atoms with Crippen LogP contribution >= 0.6 is 0 Å². The second kappa shape index (κ2) is 9.80. The minimum Gasteiger partial charge on any atom is -0.478 e. The van der Waals surface area contributed by atoms with Crippen molar-refractivity contribution in [1.29, 1.82) is 0 Å². The van der Waals surface area contributed by atoms with Crippen LogP contribution in [-0.4, -0.2) is 70.9 Å². The second-order valence-electron chi connectivity index (χ2n) is 9.19. The molecule has 2 N–H and O–H groups in total. The maximum Gasteiger partial charge on any atom is 0.414 e. The smallest absolute Gasteiger partial charge is 0.414 e. The Kier molecular flexibility index (Phi) is 6.51. The summed E-state index contributed by atoms with van der Waals surface area (Å²) in [6.45, 7) is 2.47. The molecule has 200 valence electrons. The van der Waals surface area contributed by atoms with E-state index in [1.54, 1.807) is 27.8 Å². The highest BCUT2D eigenvalue weighted by atomic mass is 19.1. The van der Waals surface area contributed by atoms with Crippen LogP contribution in [0, 0.1) is 5.82 Å². The van der Waals surface area contributed by atoms with E-state index in [1.165, 1.54) is 27.8 Å². The lowest BCUT2D eigenvalue weighted by Crippen LogP contribution is -2.37. The van der Waals surface area contributed by atoms with Gasteiger partial charge in [-0.1, -0.05) is 0 Å². The maximum atomic E-state index is 15.2. The molecule has 1 saturated heterocycles. The van der Waals surface area contributed by atoms with Gasteiger partial charge in [0.05, 0.1) is 54.0 Å². The van der Waals surface area contributed by atoms with Crippen LogP contribution in [0.1, 0.15) is 17.3 Å². The van der Waals surface area contributed by atoms with Gasteiger partial charge in [0.15, 0.2) is 6.17 Å². The number of alkyl halides is 1. The number of hydrogen-bond donors (Lipinski definition) is 2. The number of carboxylic acid groups (broad SMARTS) is 1. The van der Waals surface area contributed by atoms with E-state index in [9.17, 15) is 28.7 Å². The first-order valence-corrected chi connectivity index (χ1v) is 12.0. The molecule has 0 radical (unpaired) electrons. The molecule has 3 aromatic rings. The lowest BCUT2D eigenvalue weighted by atomic mass is 10.1. The number of rotatable bonds is 6. The summed E-state index contributed by atoms with van der Waals surface area (Å²) in [4.78, 5) is 51.0. The summed E-state index contributed by atoms with van der Waals surface area (Å²) in [5, 5.41) is 11.9. The first-order valence-electron chi connectivity index (χ1n) is 12.0. The molecule has 0 bridgehead atoms. The van der Waals surface area contributed by atoms with Crippen molar-refractivity contribution in [3.8, 4) is 0 Å². The number of cyclic esters (lactones) is 1. The Labute approximate surface area is 214 Å². The fraction of sp³-hybridized carbons (Fsp3) is 0.360. The highest BCUT2D eigenvalue weighted by Crippen LogP contribution is 2.29. The van der Waals surface area contributed by atoms with Crippen molar-refractivity contribution in [2.24, 2.45) is 0 Å². The van der Waals surface area contributed by atoms with E-state index in [2.05, 4.69) is 5.32 Å². The molecular formula is C25H25F2N5O6. The lowest BCUT2D eigenvalue weighted by Gasteiger charge is -2.24. The summed E-state index contributed by atoms with van der Waals surface area (Å²) < 4.78 is 36.8. The van der Waals surface area contributed by atoms with Crippen molar-refractivity contribution >= 4 is 40.2 Å². The number of nitrogens with one attached hydrogen (secondary N) is 1. The molecular weight excluding hydrogens is 504 g/mol. The topological polar surface area (TPSA) is 126 Å². The number of hydrogen-bond acceptors (Lipinski definition) is 6. The van der Waals surface area contributed by atoms with Crippen molar-refractivity contribution in [3.05, 3.63) is 58.1 Å².